The Morgan fingerprint density at radius 3 is 2.50 bits per heavy atom. The molecule has 3 rings (SSSR count). The Bertz CT molecular complexity index is 972. The molecule has 0 unspecified atom stereocenters. The van der Waals surface area contributed by atoms with Gasteiger partial charge in [-0.05, 0) is 43.3 Å². The topological polar surface area (TPSA) is 42.0 Å². The van der Waals surface area contributed by atoms with Crippen molar-refractivity contribution in [3.63, 3.8) is 0 Å². The van der Waals surface area contributed by atoms with Gasteiger partial charge in [0.1, 0.15) is 5.82 Å². The number of halogens is 4. The first-order valence-corrected chi connectivity index (χ1v) is 6.88. The quantitative estimate of drug-likeness (QED) is 0.559. The van der Waals surface area contributed by atoms with E-state index in [4.69, 9.17) is 0 Å². The molecule has 24 heavy (non-hydrogen) atoms. The maximum absolute atomic E-state index is 13.7. The number of hydrogen-bond donors (Lipinski definition) is 1. The van der Waals surface area contributed by atoms with E-state index < -0.39 is 34.9 Å². The SMILES string of the molecule is Cc1cc(C(=O)Nc2ccc(F)c(F)c2F)c2cc(F)ccc2n1. The van der Waals surface area contributed by atoms with E-state index >= 15 is 0 Å². The average Bonchev–Trinajstić information content (AvgIpc) is 2.55. The third-order valence-electron chi connectivity index (χ3n) is 3.43. The van der Waals surface area contributed by atoms with Crippen LogP contribution in [0.2, 0.25) is 0 Å². The lowest BCUT2D eigenvalue weighted by atomic mass is 10.1. The standard InChI is InChI=1S/C17H10F4N2O/c1-8-6-11(10-7-9(18)2-4-13(10)22-8)17(24)23-14-5-3-12(19)15(20)16(14)21/h2-7H,1H3,(H,23,24). The van der Waals surface area contributed by atoms with Crippen molar-refractivity contribution in [2.24, 2.45) is 0 Å². The van der Waals surface area contributed by atoms with Gasteiger partial charge in [0.15, 0.2) is 17.5 Å². The molecule has 7 heteroatoms. The fourth-order valence-corrected chi connectivity index (χ4v) is 2.33. The maximum atomic E-state index is 13.7. The summed E-state index contributed by atoms with van der Waals surface area (Å²) in [6.45, 7) is 1.64. The highest BCUT2D eigenvalue weighted by atomic mass is 19.2. The number of aryl methyl sites for hydroxylation is 1. The first-order valence-electron chi connectivity index (χ1n) is 6.88. The van der Waals surface area contributed by atoms with Gasteiger partial charge >= 0.3 is 0 Å². The number of carbonyl (C=O) groups excluding carboxylic acids is 1. The molecule has 0 saturated carbocycles. The molecule has 3 nitrogen and oxygen atoms in total. The van der Waals surface area contributed by atoms with Crippen LogP contribution in [-0.2, 0) is 0 Å². The van der Waals surface area contributed by atoms with Gasteiger partial charge in [0.25, 0.3) is 5.91 Å². The van der Waals surface area contributed by atoms with E-state index in [9.17, 15) is 22.4 Å². The lowest BCUT2D eigenvalue weighted by Crippen LogP contribution is -2.15. The molecule has 0 aliphatic heterocycles. The number of carbonyl (C=O) groups is 1. The molecule has 1 N–H and O–H groups in total. The second-order valence-corrected chi connectivity index (χ2v) is 5.15. The van der Waals surface area contributed by atoms with Crippen molar-refractivity contribution in [2.75, 3.05) is 5.32 Å². The highest BCUT2D eigenvalue weighted by Gasteiger charge is 2.18. The van der Waals surface area contributed by atoms with Crippen LogP contribution in [0.15, 0.2) is 36.4 Å². The summed E-state index contributed by atoms with van der Waals surface area (Å²) in [6, 6.07) is 6.73. The lowest BCUT2D eigenvalue weighted by molar-refractivity contribution is 0.102. The summed E-state index contributed by atoms with van der Waals surface area (Å²) in [5.41, 5.74) is 0.399. The van der Waals surface area contributed by atoms with Gasteiger partial charge in [-0.25, -0.2) is 17.6 Å². The predicted octanol–water partition coefficient (Wildman–Crippen LogP) is 4.35. The summed E-state index contributed by atoms with van der Waals surface area (Å²) >= 11 is 0. The molecule has 3 aromatic rings. The third kappa shape index (κ3) is 2.80. The zero-order valence-corrected chi connectivity index (χ0v) is 12.3. The molecule has 0 fully saturated rings. The van der Waals surface area contributed by atoms with E-state index in [-0.39, 0.29) is 10.9 Å². The molecule has 0 saturated heterocycles. The maximum Gasteiger partial charge on any atom is 0.256 e. The van der Waals surface area contributed by atoms with E-state index in [0.29, 0.717) is 17.3 Å². The van der Waals surface area contributed by atoms with Crippen molar-refractivity contribution >= 4 is 22.5 Å². The second-order valence-electron chi connectivity index (χ2n) is 5.15. The number of nitrogens with one attached hydrogen (secondary N) is 1. The Kier molecular flexibility index (Phi) is 3.92. The largest absolute Gasteiger partial charge is 0.319 e. The predicted molar refractivity (Wildman–Crippen MR) is 80.7 cm³/mol. The molecule has 2 aromatic carbocycles. The number of aromatic nitrogens is 1. The van der Waals surface area contributed by atoms with Crippen molar-refractivity contribution in [1.29, 1.82) is 0 Å². The van der Waals surface area contributed by atoms with Crippen LogP contribution in [0.25, 0.3) is 10.9 Å². The van der Waals surface area contributed by atoms with Crippen LogP contribution >= 0.6 is 0 Å². The number of fused-ring (bicyclic) bond motifs is 1. The Hall–Kier alpha value is -2.96. The molecule has 0 bridgehead atoms. The van der Waals surface area contributed by atoms with E-state index in [0.717, 1.165) is 12.1 Å². The van der Waals surface area contributed by atoms with E-state index in [1.165, 1.54) is 18.2 Å². The number of pyridine rings is 1. The highest BCUT2D eigenvalue weighted by molar-refractivity contribution is 6.12. The normalized spacial score (nSPS) is 10.9. The van der Waals surface area contributed by atoms with Gasteiger partial charge in [-0.1, -0.05) is 0 Å². The van der Waals surface area contributed by atoms with Crippen LogP contribution in [0.5, 0.6) is 0 Å². The lowest BCUT2D eigenvalue weighted by Gasteiger charge is -2.10. The number of rotatable bonds is 2. The first kappa shape index (κ1) is 15.9. The van der Waals surface area contributed by atoms with Crippen LogP contribution in [0.1, 0.15) is 16.1 Å². The van der Waals surface area contributed by atoms with Crippen molar-refractivity contribution in [3.8, 4) is 0 Å². The minimum atomic E-state index is -1.69. The van der Waals surface area contributed by atoms with Gasteiger partial charge in [-0.3, -0.25) is 9.78 Å². The number of benzene rings is 2. The van der Waals surface area contributed by atoms with Crippen LogP contribution < -0.4 is 5.32 Å². The first-order chi connectivity index (χ1) is 11.4. The molecular weight excluding hydrogens is 324 g/mol. The summed E-state index contributed by atoms with van der Waals surface area (Å²) < 4.78 is 53.4. The second kappa shape index (κ2) is 5.92. The molecule has 0 spiro atoms. The molecule has 0 radical (unpaired) electrons. The summed E-state index contributed by atoms with van der Waals surface area (Å²) in [6.07, 6.45) is 0. The summed E-state index contributed by atoms with van der Waals surface area (Å²) in [4.78, 5) is 16.6. The molecule has 1 amide bonds. The Balaban J connectivity index is 2.06. The monoisotopic (exact) mass is 334 g/mol. The zero-order valence-electron chi connectivity index (χ0n) is 12.3. The van der Waals surface area contributed by atoms with Crippen LogP contribution in [0.3, 0.4) is 0 Å². The smallest absolute Gasteiger partial charge is 0.256 e. The molecular formula is C17H10F4N2O. The number of nitrogens with zero attached hydrogens (tertiary/aromatic N) is 1. The third-order valence-corrected chi connectivity index (χ3v) is 3.43. The van der Waals surface area contributed by atoms with Gasteiger partial charge in [-0.2, -0.15) is 0 Å². The van der Waals surface area contributed by atoms with Gasteiger partial charge in [-0.15, -0.1) is 0 Å². The minimum absolute atomic E-state index is 0.0427. The van der Waals surface area contributed by atoms with Gasteiger partial charge in [0, 0.05) is 11.1 Å². The highest BCUT2D eigenvalue weighted by Crippen LogP contribution is 2.23. The van der Waals surface area contributed by atoms with Crippen molar-refractivity contribution in [3.05, 3.63) is 70.9 Å². The summed E-state index contributed by atoms with van der Waals surface area (Å²) in [5, 5.41) is 2.39. The molecule has 0 aliphatic rings. The number of amides is 1. The summed E-state index contributed by atoms with van der Waals surface area (Å²) in [5.74, 6) is -5.92. The van der Waals surface area contributed by atoms with Crippen molar-refractivity contribution in [2.45, 2.75) is 6.92 Å². The van der Waals surface area contributed by atoms with E-state index in [2.05, 4.69) is 10.3 Å². The zero-order chi connectivity index (χ0) is 17.4. The Labute approximate surface area is 133 Å². The Morgan fingerprint density at radius 2 is 1.75 bits per heavy atom. The molecule has 1 aromatic heterocycles. The number of hydrogen-bond acceptors (Lipinski definition) is 2. The van der Waals surface area contributed by atoms with Crippen molar-refractivity contribution < 1.29 is 22.4 Å². The number of anilines is 1. The van der Waals surface area contributed by atoms with Gasteiger partial charge < -0.3 is 5.32 Å². The van der Waals surface area contributed by atoms with Crippen LogP contribution in [0, 0.1) is 30.2 Å². The minimum Gasteiger partial charge on any atom is -0.319 e. The van der Waals surface area contributed by atoms with E-state index in [1.807, 2.05) is 0 Å². The van der Waals surface area contributed by atoms with Gasteiger partial charge in [0.2, 0.25) is 0 Å². The van der Waals surface area contributed by atoms with Crippen molar-refractivity contribution in [1.82, 2.24) is 4.98 Å². The average molecular weight is 334 g/mol. The molecule has 1 heterocycles. The Morgan fingerprint density at radius 1 is 1.00 bits per heavy atom. The van der Waals surface area contributed by atoms with E-state index in [1.54, 1.807) is 6.92 Å². The molecule has 0 atom stereocenters. The van der Waals surface area contributed by atoms with Crippen LogP contribution in [0.4, 0.5) is 23.2 Å². The fraction of sp³-hybridized carbons (Fsp3) is 0.0588. The molecule has 122 valence electrons. The van der Waals surface area contributed by atoms with Crippen LogP contribution in [-0.4, -0.2) is 10.9 Å². The van der Waals surface area contributed by atoms with Gasteiger partial charge in [0.05, 0.1) is 16.8 Å². The summed E-state index contributed by atoms with van der Waals surface area (Å²) in [7, 11) is 0. The fourth-order valence-electron chi connectivity index (χ4n) is 2.33. The molecule has 0 aliphatic carbocycles.